The van der Waals surface area contributed by atoms with Crippen LogP contribution < -0.4 is 5.73 Å². The molecule has 0 aliphatic carbocycles. The average Bonchev–Trinajstić information content (AvgIpc) is 2.83. The summed E-state index contributed by atoms with van der Waals surface area (Å²) < 4.78 is 0. The Morgan fingerprint density at radius 3 is 2.53 bits per heavy atom. The highest BCUT2D eigenvalue weighted by molar-refractivity contribution is 7.99. The summed E-state index contributed by atoms with van der Waals surface area (Å²) in [7, 11) is 0. The van der Waals surface area contributed by atoms with E-state index in [1.807, 2.05) is 11.8 Å². The molecule has 2 rings (SSSR count). The second-order valence-corrected chi connectivity index (χ2v) is 6.54. The standard InChI is InChI=1S/C15H23NS/c1-11(2)13-5-3-12(4-6-13)9-15(16)14-7-8-17-10-14/h3-6,11,14-15H,7-10,16H2,1-2H3. The van der Waals surface area contributed by atoms with Crippen molar-refractivity contribution in [2.75, 3.05) is 11.5 Å². The molecule has 0 saturated carbocycles. The van der Waals surface area contributed by atoms with Crippen LogP contribution in [0.1, 0.15) is 37.3 Å². The molecule has 2 N–H and O–H groups in total. The normalized spacial score (nSPS) is 22.0. The summed E-state index contributed by atoms with van der Waals surface area (Å²) >= 11 is 2.05. The van der Waals surface area contributed by atoms with Crippen molar-refractivity contribution in [3.8, 4) is 0 Å². The fraction of sp³-hybridized carbons (Fsp3) is 0.600. The van der Waals surface area contributed by atoms with Gasteiger partial charge in [-0.3, -0.25) is 0 Å². The third kappa shape index (κ3) is 3.49. The van der Waals surface area contributed by atoms with Crippen molar-refractivity contribution in [3.05, 3.63) is 35.4 Å². The number of nitrogens with two attached hydrogens (primary N) is 1. The van der Waals surface area contributed by atoms with Gasteiger partial charge in [-0.2, -0.15) is 11.8 Å². The number of hydrogen-bond donors (Lipinski definition) is 1. The van der Waals surface area contributed by atoms with Gasteiger partial charge in [0.05, 0.1) is 0 Å². The highest BCUT2D eigenvalue weighted by Crippen LogP contribution is 2.27. The minimum atomic E-state index is 0.342. The molecule has 2 unspecified atom stereocenters. The van der Waals surface area contributed by atoms with Gasteiger partial charge in [0.15, 0.2) is 0 Å². The first-order valence-corrected chi connectivity index (χ1v) is 7.74. The predicted octanol–water partition coefficient (Wildman–Crippen LogP) is 3.43. The molecule has 1 aliphatic rings. The molecule has 94 valence electrons. The zero-order valence-corrected chi connectivity index (χ0v) is 11.7. The second-order valence-electron chi connectivity index (χ2n) is 5.39. The van der Waals surface area contributed by atoms with Gasteiger partial charge in [0.2, 0.25) is 0 Å². The molecular formula is C15H23NS. The van der Waals surface area contributed by atoms with Crippen molar-refractivity contribution < 1.29 is 0 Å². The Bertz CT molecular complexity index is 338. The van der Waals surface area contributed by atoms with E-state index in [2.05, 4.69) is 38.1 Å². The number of hydrogen-bond acceptors (Lipinski definition) is 2. The summed E-state index contributed by atoms with van der Waals surface area (Å²) in [5.41, 5.74) is 9.10. The van der Waals surface area contributed by atoms with Crippen molar-refractivity contribution >= 4 is 11.8 Å². The first kappa shape index (κ1) is 13.0. The topological polar surface area (TPSA) is 26.0 Å². The lowest BCUT2D eigenvalue weighted by molar-refractivity contribution is 0.463. The van der Waals surface area contributed by atoms with Crippen LogP contribution in [0.4, 0.5) is 0 Å². The molecule has 1 saturated heterocycles. The van der Waals surface area contributed by atoms with E-state index in [1.165, 1.54) is 29.1 Å². The van der Waals surface area contributed by atoms with E-state index in [0.29, 0.717) is 12.0 Å². The maximum atomic E-state index is 6.30. The van der Waals surface area contributed by atoms with Crippen LogP contribution in [0.25, 0.3) is 0 Å². The lowest BCUT2D eigenvalue weighted by Gasteiger charge is -2.18. The molecule has 1 nitrogen and oxygen atoms in total. The van der Waals surface area contributed by atoms with E-state index < -0.39 is 0 Å². The molecule has 1 fully saturated rings. The van der Waals surface area contributed by atoms with E-state index in [9.17, 15) is 0 Å². The van der Waals surface area contributed by atoms with Gasteiger partial charge in [0.25, 0.3) is 0 Å². The van der Waals surface area contributed by atoms with Crippen molar-refractivity contribution in [1.82, 2.24) is 0 Å². The zero-order valence-electron chi connectivity index (χ0n) is 10.9. The Morgan fingerprint density at radius 1 is 1.29 bits per heavy atom. The molecule has 0 spiro atoms. The maximum absolute atomic E-state index is 6.30. The Hall–Kier alpha value is -0.470. The van der Waals surface area contributed by atoms with Crippen LogP contribution in [-0.2, 0) is 6.42 Å². The van der Waals surface area contributed by atoms with Crippen molar-refractivity contribution in [2.24, 2.45) is 11.7 Å². The monoisotopic (exact) mass is 249 g/mol. The quantitative estimate of drug-likeness (QED) is 0.884. The van der Waals surface area contributed by atoms with Crippen LogP contribution in [0, 0.1) is 5.92 Å². The van der Waals surface area contributed by atoms with Gasteiger partial charge in [-0.15, -0.1) is 0 Å². The van der Waals surface area contributed by atoms with Crippen LogP contribution in [0.3, 0.4) is 0 Å². The minimum Gasteiger partial charge on any atom is -0.327 e. The van der Waals surface area contributed by atoms with Crippen LogP contribution in [0.15, 0.2) is 24.3 Å². The lowest BCUT2D eigenvalue weighted by atomic mass is 9.92. The number of rotatable bonds is 4. The van der Waals surface area contributed by atoms with Gasteiger partial charge >= 0.3 is 0 Å². The molecule has 1 heterocycles. The summed E-state index contributed by atoms with van der Waals surface area (Å²) in [4.78, 5) is 0. The predicted molar refractivity (Wildman–Crippen MR) is 77.6 cm³/mol. The Kier molecular flexibility index (Phi) is 4.52. The Morgan fingerprint density at radius 2 is 2.00 bits per heavy atom. The minimum absolute atomic E-state index is 0.342. The molecule has 0 bridgehead atoms. The molecule has 0 aromatic heterocycles. The summed E-state index contributed by atoms with van der Waals surface area (Å²) in [6, 6.07) is 9.33. The van der Waals surface area contributed by atoms with Gasteiger partial charge in [-0.25, -0.2) is 0 Å². The molecule has 0 radical (unpaired) electrons. The highest BCUT2D eigenvalue weighted by Gasteiger charge is 2.22. The van der Waals surface area contributed by atoms with Crippen LogP contribution in [-0.4, -0.2) is 17.5 Å². The van der Waals surface area contributed by atoms with E-state index in [4.69, 9.17) is 5.73 Å². The molecule has 1 aromatic rings. The van der Waals surface area contributed by atoms with E-state index in [0.717, 1.165) is 12.3 Å². The van der Waals surface area contributed by atoms with Crippen molar-refractivity contribution in [2.45, 2.75) is 38.6 Å². The average molecular weight is 249 g/mol. The van der Waals surface area contributed by atoms with Crippen LogP contribution in [0.2, 0.25) is 0 Å². The molecular weight excluding hydrogens is 226 g/mol. The molecule has 1 aromatic carbocycles. The van der Waals surface area contributed by atoms with Gasteiger partial charge in [0.1, 0.15) is 0 Å². The second kappa shape index (κ2) is 5.92. The summed E-state index contributed by atoms with van der Waals surface area (Å²) in [5, 5.41) is 0. The third-order valence-electron chi connectivity index (χ3n) is 3.69. The van der Waals surface area contributed by atoms with E-state index >= 15 is 0 Å². The zero-order chi connectivity index (χ0) is 12.3. The Labute approximate surface area is 109 Å². The van der Waals surface area contributed by atoms with Crippen LogP contribution in [0.5, 0.6) is 0 Å². The summed E-state index contributed by atoms with van der Waals surface area (Å²) in [6.07, 6.45) is 2.33. The highest BCUT2D eigenvalue weighted by atomic mass is 32.2. The van der Waals surface area contributed by atoms with Crippen molar-refractivity contribution in [3.63, 3.8) is 0 Å². The van der Waals surface area contributed by atoms with Gasteiger partial charge < -0.3 is 5.73 Å². The fourth-order valence-electron chi connectivity index (χ4n) is 2.37. The largest absolute Gasteiger partial charge is 0.327 e. The van der Waals surface area contributed by atoms with Gasteiger partial charge in [0, 0.05) is 6.04 Å². The summed E-state index contributed by atoms with van der Waals surface area (Å²) in [6.45, 7) is 4.47. The molecule has 2 atom stereocenters. The summed E-state index contributed by atoms with van der Waals surface area (Å²) in [5.74, 6) is 3.89. The van der Waals surface area contributed by atoms with Gasteiger partial charge in [-0.05, 0) is 47.3 Å². The van der Waals surface area contributed by atoms with Crippen LogP contribution >= 0.6 is 11.8 Å². The first-order chi connectivity index (χ1) is 8.16. The number of benzene rings is 1. The van der Waals surface area contributed by atoms with E-state index in [-0.39, 0.29) is 0 Å². The van der Waals surface area contributed by atoms with Crippen molar-refractivity contribution in [1.29, 1.82) is 0 Å². The molecule has 0 amide bonds. The molecule has 17 heavy (non-hydrogen) atoms. The fourth-order valence-corrected chi connectivity index (χ4v) is 3.72. The lowest BCUT2D eigenvalue weighted by Crippen LogP contribution is -2.32. The SMILES string of the molecule is CC(C)c1ccc(CC(N)C2CCSC2)cc1. The smallest absolute Gasteiger partial charge is 0.0116 e. The molecule has 1 aliphatic heterocycles. The number of thioether (sulfide) groups is 1. The van der Waals surface area contributed by atoms with Gasteiger partial charge in [-0.1, -0.05) is 38.1 Å². The Balaban J connectivity index is 1.93. The first-order valence-electron chi connectivity index (χ1n) is 6.59. The van der Waals surface area contributed by atoms with E-state index in [1.54, 1.807) is 0 Å². The third-order valence-corrected chi connectivity index (χ3v) is 4.88. The molecule has 2 heteroatoms. The maximum Gasteiger partial charge on any atom is 0.0116 e.